The van der Waals surface area contributed by atoms with E-state index in [9.17, 15) is 25.0 Å². The van der Waals surface area contributed by atoms with Gasteiger partial charge in [-0.3, -0.25) is 25.0 Å². The number of nitro benzene ring substituents is 2. The summed E-state index contributed by atoms with van der Waals surface area (Å²) < 4.78 is 0. The molecule has 0 aliphatic carbocycles. The van der Waals surface area contributed by atoms with Gasteiger partial charge in [0.05, 0.1) is 15.9 Å². The van der Waals surface area contributed by atoms with Crippen LogP contribution in [-0.4, -0.2) is 16.1 Å². The van der Waals surface area contributed by atoms with Gasteiger partial charge in [0.15, 0.2) is 0 Å². The fourth-order valence-electron chi connectivity index (χ4n) is 1.08. The smallest absolute Gasteiger partial charge is 0.276 e. The molecule has 0 saturated carbocycles. The third kappa shape index (κ3) is 2.71. The molecule has 0 bridgehead atoms. The molecule has 0 saturated heterocycles. The highest BCUT2D eigenvalue weighted by atomic mass is 16.6. The molecule has 0 atom stereocenters. The van der Waals surface area contributed by atoms with Crippen molar-refractivity contribution in [2.24, 2.45) is 0 Å². The average Bonchev–Trinajstić information content (AvgIpc) is 2.25. The predicted molar refractivity (Wildman–Crippen MR) is 54.8 cm³/mol. The molecule has 0 spiro atoms. The number of hydrogen-bond donors (Lipinski definition) is 0. The van der Waals surface area contributed by atoms with E-state index in [0.29, 0.717) is 6.29 Å². The van der Waals surface area contributed by atoms with Crippen molar-refractivity contribution in [3.8, 4) is 0 Å². The lowest BCUT2D eigenvalue weighted by Gasteiger charge is -1.95. The van der Waals surface area contributed by atoms with Crippen molar-refractivity contribution in [3.63, 3.8) is 0 Å². The zero-order valence-electron chi connectivity index (χ0n) is 7.90. The first-order valence-corrected chi connectivity index (χ1v) is 4.10. The first-order valence-electron chi connectivity index (χ1n) is 4.10. The van der Waals surface area contributed by atoms with E-state index in [-0.39, 0.29) is 16.9 Å². The standard InChI is InChI=1S/C9H6N2O5/c12-3-1-2-7-4-8(10(13)14)6-9(5-7)11(15)16/h1-6H/b2-1+. The summed E-state index contributed by atoms with van der Waals surface area (Å²) in [5.74, 6) is 0. The normalized spacial score (nSPS) is 10.2. The van der Waals surface area contributed by atoms with Crippen LogP contribution in [0.2, 0.25) is 0 Å². The molecule has 1 rings (SSSR count). The summed E-state index contributed by atoms with van der Waals surface area (Å²) in [6, 6.07) is 3.15. The van der Waals surface area contributed by atoms with Gasteiger partial charge in [0.2, 0.25) is 0 Å². The summed E-state index contributed by atoms with van der Waals surface area (Å²) in [6.07, 6.45) is 2.83. The van der Waals surface area contributed by atoms with Crippen LogP contribution >= 0.6 is 0 Å². The zero-order chi connectivity index (χ0) is 12.1. The molecule has 0 fully saturated rings. The Labute approximate surface area is 89.3 Å². The maximum Gasteiger partial charge on any atom is 0.276 e. The van der Waals surface area contributed by atoms with Crippen LogP contribution in [0.15, 0.2) is 24.3 Å². The van der Waals surface area contributed by atoms with Crippen LogP contribution in [0, 0.1) is 20.2 Å². The summed E-state index contributed by atoms with van der Waals surface area (Å²) >= 11 is 0. The van der Waals surface area contributed by atoms with Gasteiger partial charge in [-0.1, -0.05) is 6.08 Å². The summed E-state index contributed by atoms with van der Waals surface area (Å²) in [6.45, 7) is 0. The molecule has 82 valence electrons. The lowest BCUT2D eigenvalue weighted by atomic mass is 10.1. The molecule has 1 aromatic rings. The first-order chi connectivity index (χ1) is 7.54. The Morgan fingerprint density at radius 3 is 1.88 bits per heavy atom. The predicted octanol–water partition coefficient (Wildman–Crippen LogP) is 1.72. The average molecular weight is 222 g/mol. The Morgan fingerprint density at radius 2 is 1.50 bits per heavy atom. The molecule has 0 aliphatic heterocycles. The summed E-state index contributed by atoms with van der Waals surface area (Å²) in [5, 5.41) is 21.0. The molecular formula is C9H6N2O5. The highest BCUT2D eigenvalue weighted by molar-refractivity contribution is 5.74. The quantitative estimate of drug-likeness (QED) is 0.334. The highest BCUT2D eigenvalue weighted by Gasteiger charge is 2.15. The number of rotatable bonds is 4. The van der Waals surface area contributed by atoms with Gasteiger partial charge >= 0.3 is 0 Å². The summed E-state index contributed by atoms with van der Waals surface area (Å²) in [4.78, 5) is 29.6. The van der Waals surface area contributed by atoms with Crippen molar-refractivity contribution >= 4 is 23.7 Å². The van der Waals surface area contributed by atoms with Gasteiger partial charge in [0.1, 0.15) is 6.29 Å². The third-order valence-electron chi connectivity index (χ3n) is 1.71. The Bertz CT molecular complexity index is 449. The van der Waals surface area contributed by atoms with Crippen molar-refractivity contribution in [1.82, 2.24) is 0 Å². The van der Waals surface area contributed by atoms with E-state index in [1.807, 2.05) is 0 Å². The van der Waals surface area contributed by atoms with E-state index in [0.717, 1.165) is 24.3 Å². The van der Waals surface area contributed by atoms with E-state index in [2.05, 4.69) is 0 Å². The van der Waals surface area contributed by atoms with Gasteiger partial charge in [-0.05, 0) is 11.6 Å². The van der Waals surface area contributed by atoms with E-state index >= 15 is 0 Å². The van der Waals surface area contributed by atoms with E-state index < -0.39 is 9.85 Å². The van der Waals surface area contributed by atoms with Crippen molar-refractivity contribution in [3.05, 3.63) is 50.1 Å². The SMILES string of the molecule is O=C/C=C/c1cc([N+](=O)[O-])cc([N+](=O)[O-])c1. The van der Waals surface area contributed by atoms with Crippen LogP contribution in [0.4, 0.5) is 11.4 Å². The topological polar surface area (TPSA) is 103 Å². The number of hydrogen-bond acceptors (Lipinski definition) is 5. The Morgan fingerprint density at radius 1 is 1.00 bits per heavy atom. The van der Waals surface area contributed by atoms with Crippen LogP contribution in [0.5, 0.6) is 0 Å². The maximum absolute atomic E-state index is 10.5. The van der Waals surface area contributed by atoms with Gasteiger partial charge < -0.3 is 0 Å². The highest BCUT2D eigenvalue weighted by Crippen LogP contribution is 2.23. The van der Waals surface area contributed by atoms with Crippen molar-refractivity contribution in [1.29, 1.82) is 0 Å². The summed E-state index contributed by atoms with van der Waals surface area (Å²) in [5.41, 5.74) is -0.549. The van der Waals surface area contributed by atoms with Gasteiger partial charge in [-0.15, -0.1) is 0 Å². The fourth-order valence-corrected chi connectivity index (χ4v) is 1.08. The summed E-state index contributed by atoms with van der Waals surface area (Å²) in [7, 11) is 0. The van der Waals surface area contributed by atoms with Gasteiger partial charge in [0, 0.05) is 12.1 Å². The van der Waals surface area contributed by atoms with Gasteiger partial charge in [-0.2, -0.15) is 0 Å². The molecule has 7 nitrogen and oxygen atoms in total. The zero-order valence-corrected chi connectivity index (χ0v) is 7.90. The Hall–Kier alpha value is -2.57. The third-order valence-corrected chi connectivity index (χ3v) is 1.71. The molecule has 0 unspecified atom stereocenters. The van der Waals surface area contributed by atoms with E-state index in [1.54, 1.807) is 0 Å². The number of benzene rings is 1. The number of carbonyl (C=O) groups is 1. The van der Waals surface area contributed by atoms with Crippen LogP contribution in [0.25, 0.3) is 6.08 Å². The van der Waals surface area contributed by atoms with E-state index in [1.165, 1.54) is 6.08 Å². The number of carbonyl (C=O) groups excluding carboxylic acids is 1. The molecular weight excluding hydrogens is 216 g/mol. The molecule has 16 heavy (non-hydrogen) atoms. The van der Waals surface area contributed by atoms with Crippen LogP contribution in [-0.2, 0) is 4.79 Å². The van der Waals surface area contributed by atoms with Crippen molar-refractivity contribution in [2.45, 2.75) is 0 Å². The van der Waals surface area contributed by atoms with Crippen LogP contribution in [0.1, 0.15) is 5.56 Å². The van der Waals surface area contributed by atoms with E-state index in [4.69, 9.17) is 0 Å². The number of non-ortho nitro benzene ring substituents is 2. The largest absolute Gasteiger partial charge is 0.299 e. The minimum Gasteiger partial charge on any atom is -0.299 e. The Kier molecular flexibility index (Phi) is 3.44. The minimum atomic E-state index is -0.731. The minimum absolute atomic E-state index is 0.230. The number of aldehydes is 1. The molecule has 0 aromatic heterocycles. The molecule has 0 aliphatic rings. The monoisotopic (exact) mass is 222 g/mol. The second-order valence-corrected chi connectivity index (χ2v) is 2.79. The Balaban J connectivity index is 3.29. The number of allylic oxidation sites excluding steroid dienone is 1. The van der Waals surface area contributed by atoms with Crippen LogP contribution in [0.3, 0.4) is 0 Å². The first kappa shape index (κ1) is 11.5. The maximum atomic E-state index is 10.5. The lowest BCUT2D eigenvalue weighted by molar-refractivity contribution is -0.394. The van der Waals surface area contributed by atoms with Crippen LogP contribution < -0.4 is 0 Å². The molecule has 1 aromatic carbocycles. The number of nitrogens with zero attached hydrogens (tertiary/aromatic N) is 2. The number of nitro groups is 2. The van der Waals surface area contributed by atoms with Crippen molar-refractivity contribution in [2.75, 3.05) is 0 Å². The molecule has 0 amide bonds. The van der Waals surface area contributed by atoms with Crippen molar-refractivity contribution < 1.29 is 14.6 Å². The second-order valence-electron chi connectivity index (χ2n) is 2.79. The molecule has 0 radical (unpaired) electrons. The molecule has 0 N–H and O–H groups in total. The molecule has 0 heterocycles. The van der Waals surface area contributed by atoms with Gasteiger partial charge in [-0.25, -0.2) is 0 Å². The van der Waals surface area contributed by atoms with Gasteiger partial charge in [0.25, 0.3) is 11.4 Å². The fraction of sp³-hybridized carbons (Fsp3) is 0. The molecule has 7 heteroatoms. The lowest BCUT2D eigenvalue weighted by Crippen LogP contribution is -1.93. The second kappa shape index (κ2) is 4.78.